The lowest BCUT2D eigenvalue weighted by Crippen LogP contribution is -2.31. The Morgan fingerprint density at radius 2 is 0.469 bits per heavy atom. The Morgan fingerprint density at radius 3 is 0.760 bits per heavy atom. The minimum Gasteiger partial charge on any atom is -0.463 e. The molecule has 0 aromatic carbocycles. The van der Waals surface area contributed by atoms with Gasteiger partial charge in [-0.2, -0.15) is 0 Å². The van der Waals surface area contributed by atoms with Crippen molar-refractivity contribution >= 4 is 5.97 Å². The number of carbonyl (C=O) groups is 1. The van der Waals surface area contributed by atoms with Gasteiger partial charge < -0.3 is 105 Å². The van der Waals surface area contributed by atoms with E-state index in [-0.39, 0.29) is 85.8 Å². The van der Waals surface area contributed by atoms with Gasteiger partial charge in [-0.1, -0.05) is 90.9 Å². The Morgan fingerprint density at radius 1 is 0.240 bits per heavy atom. The molecule has 96 heavy (non-hydrogen) atoms. The van der Waals surface area contributed by atoms with Crippen LogP contribution >= 0.6 is 0 Å². The fraction of sp³-hybridized carbons (Fsp3) is 0.986. The van der Waals surface area contributed by atoms with E-state index >= 15 is 0 Å². The Kier molecular flexibility index (Phi) is 71.0. The monoisotopic (exact) mass is 1390 g/mol. The molecule has 0 fully saturated rings. The summed E-state index contributed by atoms with van der Waals surface area (Å²) < 4.78 is 121. The zero-order valence-corrected chi connectivity index (χ0v) is 63.1. The van der Waals surface area contributed by atoms with Crippen molar-refractivity contribution in [3.05, 3.63) is 0 Å². The van der Waals surface area contributed by atoms with Crippen LogP contribution in [-0.2, 0) is 104 Å². The molecular weight excluding hydrogens is 1240 g/mol. The third-order valence-corrected chi connectivity index (χ3v) is 14.9. The van der Waals surface area contributed by atoms with Gasteiger partial charge >= 0.3 is 5.97 Å². The molecule has 0 saturated heterocycles. The second kappa shape index (κ2) is 72.0. The highest BCUT2D eigenvalue weighted by Gasteiger charge is 2.17. The average Bonchev–Trinajstić information content (AvgIpc) is 3.78. The maximum atomic E-state index is 12.0. The van der Waals surface area contributed by atoms with Crippen molar-refractivity contribution in [1.82, 2.24) is 0 Å². The molecule has 0 aromatic heterocycles. The Hall–Kier alpha value is -1.37. The van der Waals surface area contributed by atoms with Crippen LogP contribution in [0, 0.1) is 0 Å². The van der Waals surface area contributed by atoms with Crippen molar-refractivity contribution in [1.29, 1.82) is 0 Å². The zero-order valence-electron chi connectivity index (χ0n) is 63.1. The number of hydrogen-bond acceptors (Lipinski definition) is 23. The average molecular weight is 1390 g/mol. The molecule has 0 aliphatic heterocycles. The fourth-order valence-corrected chi connectivity index (χ4v) is 8.92. The van der Waals surface area contributed by atoms with Crippen LogP contribution in [0.25, 0.3) is 0 Å². The molecule has 0 aliphatic carbocycles. The molecular formula is C73H146O23. The SMILES string of the molecule is CCCCCC[C@@H](O)CCCCCCCCCCC(=O)OCCOCCOCCOCCOCCOCCOCCOCCOCCOC(C)COC(C)COC(C)COC(C)COC(C)COC(C)COC(C)COC(C)COC(C)COC(C)COC(C)COCCCC. The zero-order chi connectivity index (χ0) is 70.6. The van der Waals surface area contributed by atoms with Crippen molar-refractivity contribution in [3.63, 3.8) is 0 Å². The number of aliphatic hydroxyl groups excluding tert-OH is 1. The molecule has 0 heterocycles. The van der Waals surface area contributed by atoms with Crippen LogP contribution in [0.1, 0.15) is 199 Å². The van der Waals surface area contributed by atoms with E-state index in [0.29, 0.717) is 191 Å². The first-order valence-electron chi connectivity index (χ1n) is 37.3. The summed E-state index contributed by atoms with van der Waals surface area (Å²) in [6.07, 6.45) is 17.5. The molecule has 0 amide bonds. The molecule has 0 aliphatic rings. The van der Waals surface area contributed by atoms with Gasteiger partial charge in [0, 0.05) is 13.0 Å². The van der Waals surface area contributed by atoms with Gasteiger partial charge in [0.2, 0.25) is 0 Å². The molecule has 1 N–H and O–H groups in total. The predicted octanol–water partition coefficient (Wildman–Crippen LogP) is 11.2. The summed E-state index contributed by atoms with van der Waals surface area (Å²) in [4.78, 5) is 12.0. The third kappa shape index (κ3) is 71.0. The standard InChI is InChI=1S/C73H146O23/c1-14-16-18-25-28-72(74)29-26-23-21-19-20-22-24-27-30-73(75)86-49-47-83-45-43-81-41-39-79-37-35-77-33-32-76-34-36-78-38-40-80-42-44-82-46-48-85-62(4)51-88-64(6)53-90-66(8)55-92-68(10)57-94-70(12)59-96-71(13)60-95-69(11)58-93-67(9)56-91-65(7)54-89-63(5)52-87-61(3)50-84-31-17-15-2/h61-72,74H,14-60H2,1-13H3/t61?,62?,63?,64?,65?,66?,67?,68?,69?,70?,71?,72-/m1/s1. The summed E-state index contributed by atoms with van der Waals surface area (Å²) in [5.41, 5.74) is 0. The van der Waals surface area contributed by atoms with Crippen molar-refractivity contribution in [2.45, 2.75) is 272 Å². The molecule has 576 valence electrons. The van der Waals surface area contributed by atoms with Gasteiger partial charge in [-0.15, -0.1) is 0 Å². The predicted molar refractivity (Wildman–Crippen MR) is 374 cm³/mol. The summed E-state index contributed by atoms with van der Waals surface area (Å²) in [6, 6.07) is 0. The molecule has 11 unspecified atom stereocenters. The first-order chi connectivity index (χ1) is 46.5. The molecule has 0 saturated carbocycles. The summed E-state index contributed by atoms with van der Waals surface area (Å²) in [5, 5.41) is 10.1. The van der Waals surface area contributed by atoms with Crippen LogP contribution in [-0.4, -0.2) is 283 Å². The number of rotatable bonds is 79. The Bertz CT molecular complexity index is 1560. The van der Waals surface area contributed by atoms with Gasteiger partial charge in [0.1, 0.15) is 6.61 Å². The third-order valence-electron chi connectivity index (χ3n) is 14.9. The lowest BCUT2D eigenvalue weighted by molar-refractivity contribution is -0.145. The first-order valence-corrected chi connectivity index (χ1v) is 37.3. The van der Waals surface area contributed by atoms with Crippen LogP contribution in [0.15, 0.2) is 0 Å². The summed E-state index contributed by atoms with van der Waals surface area (Å²) in [7, 11) is 0. The molecule has 12 atom stereocenters. The molecule has 0 rings (SSSR count). The van der Waals surface area contributed by atoms with E-state index in [1.54, 1.807) is 0 Å². The minimum absolute atomic E-state index is 0.0359. The van der Waals surface area contributed by atoms with E-state index in [1.165, 1.54) is 44.9 Å². The van der Waals surface area contributed by atoms with E-state index in [0.717, 1.165) is 64.4 Å². The van der Waals surface area contributed by atoms with Crippen molar-refractivity contribution in [2.75, 3.05) is 198 Å². The number of carbonyl (C=O) groups excluding carboxylic acids is 1. The number of ether oxygens (including phenoxy) is 21. The highest BCUT2D eigenvalue weighted by molar-refractivity contribution is 5.69. The number of hydrogen-bond donors (Lipinski definition) is 1. The molecule has 23 nitrogen and oxygen atoms in total. The molecule has 0 aromatic rings. The van der Waals surface area contributed by atoms with Gasteiger partial charge in [0.25, 0.3) is 0 Å². The van der Waals surface area contributed by atoms with Gasteiger partial charge in [0.05, 0.1) is 258 Å². The highest BCUT2D eigenvalue weighted by Crippen LogP contribution is 2.15. The molecule has 23 heteroatoms. The first kappa shape index (κ1) is 94.6. The molecule has 0 radical (unpaired) electrons. The maximum Gasteiger partial charge on any atom is 0.305 e. The highest BCUT2D eigenvalue weighted by atomic mass is 16.6. The fourth-order valence-electron chi connectivity index (χ4n) is 8.92. The van der Waals surface area contributed by atoms with E-state index in [2.05, 4.69) is 13.8 Å². The minimum atomic E-state index is -0.161. The van der Waals surface area contributed by atoms with Gasteiger partial charge in [-0.3, -0.25) is 4.79 Å². The van der Waals surface area contributed by atoms with Crippen molar-refractivity contribution < 1.29 is 109 Å². The summed E-state index contributed by atoms with van der Waals surface area (Å²) in [5.74, 6) is -0.161. The Balaban J connectivity index is 3.57. The Labute approximate surface area is 583 Å². The topological polar surface area (TPSA) is 231 Å². The molecule has 0 spiro atoms. The van der Waals surface area contributed by atoms with E-state index in [1.807, 2.05) is 76.2 Å². The second-order valence-corrected chi connectivity index (χ2v) is 25.5. The smallest absolute Gasteiger partial charge is 0.305 e. The normalized spacial score (nSPS) is 15.9. The second-order valence-electron chi connectivity index (χ2n) is 25.5. The van der Waals surface area contributed by atoms with E-state index in [4.69, 9.17) is 99.5 Å². The maximum absolute atomic E-state index is 12.0. The van der Waals surface area contributed by atoms with Crippen molar-refractivity contribution in [3.8, 4) is 0 Å². The van der Waals surface area contributed by atoms with E-state index in [9.17, 15) is 9.90 Å². The largest absolute Gasteiger partial charge is 0.463 e. The molecule has 0 bridgehead atoms. The van der Waals surface area contributed by atoms with Crippen LogP contribution in [0.3, 0.4) is 0 Å². The van der Waals surface area contributed by atoms with Gasteiger partial charge in [-0.05, 0) is 102 Å². The van der Waals surface area contributed by atoms with Crippen LogP contribution in [0.5, 0.6) is 0 Å². The number of aliphatic hydroxyl groups is 1. The van der Waals surface area contributed by atoms with Gasteiger partial charge in [-0.25, -0.2) is 0 Å². The lowest BCUT2D eigenvalue weighted by Gasteiger charge is -2.23. The van der Waals surface area contributed by atoms with Gasteiger partial charge in [0.15, 0.2) is 0 Å². The van der Waals surface area contributed by atoms with Crippen LogP contribution in [0.4, 0.5) is 0 Å². The van der Waals surface area contributed by atoms with Crippen LogP contribution in [0.2, 0.25) is 0 Å². The van der Waals surface area contributed by atoms with Crippen molar-refractivity contribution in [2.24, 2.45) is 0 Å². The number of unbranched alkanes of at least 4 members (excludes halogenated alkanes) is 11. The lowest BCUT2D eigenvalue weighted by atomic mass is 10.0. The van der Waals surface area contributed by atoms with E-state index < -0.39 is 0 Å². The quantitative estimate of drug-likeness (QED) is 0.0440. The summed E-state index contributed by atoms with van der Waals surface area (Å²) >= 11 is 0. The number of esters is 1. The van der Waals surface area contributed by atoms with Crippen LogP contribution < -0.4 is 0 Å². The summed E-state index contributed by atoms with van der Waals surface area (Å²) in [6.45, 7) is 40.3.